The highest BCUT2D eigenvalue weighted by atomic mass is 16.5. The normalized spacial score (nSPS) is 15.2. The van der Waals surface area contributed by atoms with E-state index in [0.29, 0.717) is 0 Å². The van der Waals surface area contributed by atoms with Crippen molar-refractivity contribution in [2.24, 2.45) is 4.99 Å². The number of nitrogens with zero attached hydrogens (tertiary/aromatic N) is 2. The minimum atomic E-state index is -0.670. The third-order valence-electron chi connectivity index (χ3n) is 16.8. The topological polar surface area (TPSA) is 38.5 Å². The Hall–Kier alpha value is -10.3. The van der Waals surface area contributed by atoms with Gasteiger partial charge in [0.1, 0.15) is 17.3 Å². The molecule has 0 fully saturated rings. The summed E-state index contributed by atoms with van der Waals surface area (Å²) in [7, 11) is 0. The van der Waals surface area contributed by atoms with Crippen molar-refractivity contribution in [3.05, 3.63) is 324 Å². The standard InChI is InChI=1S/C75H49N3O/c1-3-19-49(20-4-1)56-28-17-31-64-72(56)79-73-57(50-21-5-2-6-22-50)29-18-32-65(73)75(64)63-30-12-7-24-58(63)59-46-45-54(47-66(59)75)48-37-41-52(42-38-48)71-62-27-8-13-33-67(62)76-74(77-71)53-43-39-51(40-44-53)55-23-9-14-34-68(55)78-69-35-15-10-25-60(69)61-26-11-16-36-70(61)78/h1-47,67H,(H,76,77). The van der Waals surface area contributed by atoms with E-state index in [9.17, 15) is 0 Å². The maximum Gasteiger partial charge on any atom is 0.140 e. The number of hydrogen-bond acceptors (Lipinski definition) is 3. The molecular formula is C75H49N3O. The molecule has 1 N–H and O–H groups in total. The fraction of sp³-hybridized carbons (Fsp3) is 0.0267. The highest BCUT2D eigenvalue weighted by Crippen LogP contribution is 2.64. The largest absolute Gasteiger partial charge is 0.455 e. The molecule has 1 spiro atoms. The van der Waals surface area contributed by atoms with Crippen LogP contribution >= 0.6 is 0 Å². The summed E-state index contributed by atoms with van der Waals surface area (Å²) in [6, 6.07) is 94.8. The third kappa shape index (κ3) is 6.91. The van der Waals surface area contributed by atoms with Gasteiger partial charge in [-0.3, -0.25) is 0 Å². The number of para-hydroxylation sites is 5. The van der Waals surface area contributed by atoms with Crippen molar-refractivity contribution in [2.45, 2.75) is 11.5 Å². The van der Waals surface area contributed by atoms with Crippen molar-refractivity contribution in [3.63, 3.8) is 0 Å². The monoisotopic (exact) mass is 1010 g/mol. The Morgan fingerprint density at radius 1 is 0.380 bits per heavy atom. The number of allylic oxidation sites excluding steroid dienone is 2. The Balaban J connectivity index is 0.787. The zero-order valence-corrected chi connectivity index (χ0v) is 43.0. The van der Waals surface area contributed by atoms with E-state index in [2.05, 4.69) is 295 Å². The fourth-order valence-electron chi connectivity index (χ4n) is 13.2. The molecule has 2 aliphatic heterocycles. The average Bonchev–Trinajstić information content (AvgIpc) is 4.21. The summed E-state index contributed by atoms with van der Waals surface area (Å²) >= 11 is 0. The molecular weight excluding hydrogens is 959 g/mol. The number of fused-ring (bicyclic) bond motifs is 13. The van der Waals surface area contributed by atoms with Crippen LogP contribution in [0.3, 0.4) is 0 Å². The molecule has 4 heteroatoms. The van der Waals surface area contributed by atoms with Gasteiger partial charge in [0.25, 0.3) is 0 Å². The van der Waals surface area contributed by atoms with E-state index < -0.39 is 5.41 Å². The van der Waals surface area contributed by atoms with Crippen LogP contribution in [0.5, 0.6) is 11.5 Å². The fourth-order valence-corrected chi connectivity index (χ4v) is 13.2. The number of amidine groups is 1. The zero-order chi connectivity index (χ0) is 52.0. The van der Waals surface area contributed by atoms with Crippen LogP contribution in [0.15, 0.2) is 296 Å². The first-order valence-corrected chi connectivity index (χ1v) is 27.2. The Labute approximate surface area is 458 Å². The van der Waals surface area contributed by atoms with Gasteiger partial charge in [0, 0.05) is 55.3 Å². The molecule has 1 aromatic heterocycles. The Morgan fingerprint density at radius 3 is 1.57 bits per heavy atom. The average molecular weight is 1010 g/mol. The van der Waals surface area contributed by atoms with Gasteiger partial charge in [-0.15, -0.1) is 0 Å². The van der Waals surface area contributed by atoms with Crippen LogP contribution in [0.1, 0.15) is 33.4 Å². The summed E-state index contributed by atoms with van der Waals surface area (Å²) in [5.41, 5.74) is 23.3. The second-order valence-electron chi connectivity index (χ2n) is 20.9. The van der Waals surface area contributed by atoms with Crippen molar-refractivity contribution in [1.29, 1.82) is 0 Å². The quantitative estimate of drug-likeness (QED) is 0.173. The number of rotatable bonds is 7. The van der Waals surface area contributed by atoms with E-state index in [1.54, 1.807) is 0 Å². The number of ether oxygens (including phenoxy) is 1. The van der Waals surface area contributed by atoms with Gasteiger partial charge in [-0.1, -0.05) is 261 Å². The Bertz CT molecular complexity index is 4430. The van der Waals surface area contributed by atoms with Gasteiger partial charge >= 0.3 is 0 Å². The molecule has 12 aromatic rings. The number of hydrogen-bond donors (Lipinski definition) is 1. The first-order valence-electron chi connectivity index (χ1n) is 27.2. The van der Waals surface area contributed by atoms with Gasteiger partial charge in [-0.2, -0.15) is 0 Å². The summed E-state index contributed by atoms with van der Waals surface area (Å²) in [6.07, 6.45) is 8.66. The molecule has 0 saturated heterocycles. The van der Waals surface area contributed by atoms with Gasteiger partial charge in [0.2, 0.25) is 0 Å². The van der Waals surface area contributed by atoms with Gasteiger partial charge in [0.15, 0.2) is 0 Å². The van der Waals surface area contributed by atoms with E-state index in [-0.39, 0.29) is 6.04 Å². The van der Waals surface area contributed by atoms with Crippen molar-refractivity contribution < 1.29 is 4.74 Å². The van der Waals surface area contributed by atoms with Crippen LogP contribution in [0.4, 0.5) is 0 Å². The van der Waals surface area contributed by atoms with E-state index in [1.807, 2.05) is 0 Å². The molecule has 4 nitrogen and oxygen atoms in total. The van der Waals surface area contributed by atoms with E-state index in [4.69, 9.17) is 9.73 Å². The van der Waals surface area contributed by atoms with E-state index in [1.165, 1.54) is 49.6 Å². The van der Waals surface area contributed by atoms with Crippen LogP contribution in [0.25, 0.3) is 88.8 Å². The van der Waals surface area contributed by atoms with Crippen LogP contribution in [-0.4, -0.2) is 16.4 Å². The van der Waals surface area contributed by atoms with Gasteiger partial charge < -0.3 is 14.6 Å². The smallest absolute Gasteiger partial charge is 0.140 e. The molecule has 0 saturated carbocycles. The third-order valence-corrected chi connectivity index (χ3v) is 16.8. The molecule has 0 bridgehead atoms. The van der Waals surface area contributed by atoms with Crippen molar-refractivity contribution >= 4 is 33.3 Å². The minimum Gasteiger partial charge on any atom is -0.455 e. The predicted molar refractivity (Wildman–Crippen MR) is 325 cm³/mol. The molecule has 2 aliphatic carbocycles. The summed E-state index contributed by atoms with van der Waals surface area (Å²) in [5.74, 6) is 2.63. The molecule has 4 aliphatic rings. The summed E-state index contributed by atoms with van der Waals surface area (Å²) in [6.45, 7) is 0. The molecule has 1 atom stereocenters. The van der Waals surface area contributed by atoms with Crippen LogP contribution < -0.4 is 10.1 Å². The zero-order valence-electron chi connectivity index (χ0n) is 43.0. The number of aliphatic imine (C=N–C) groups is 1. The second-order valence-corrected chi connectivity index (χ2v) is 20.9. The van der Waals surface area contributed by atoms with Crippen LogP contribution in [-0.2, 0) is 5.41 Å². The number of aromatic nitrogens is 1. The molecule has 3 heterocycles. The number of nitrogens with one attached hydrogen (secondary N) is 1. The van der Waals surface area contributed by atoms with Gasteiger partial charge in [-0.05, 0) is 74.3 Å². The predicted octanol–water partition coefficient (Wildman–Crippen LogP) is 18.2. The maximum absolute atomic E-state index is 7.36. The first-order chi connectivity index (χ1) is 39.2. The van der Waals surface area contributed by atoms with Crippen LogP contribution in [0, 0.1) is 0 Å². The second kappa shape index (κ2) is 17.9. The van der Waals surface area contributed by atoms with Crippen molar-refractivity contribution in [2.75, 3.05) is 0 Å². The molecule has 79 heavy (non-hydrogen) atoms. The molecule has 0 amide bonds. The SMILES string of the molecule is C1=CC2=C(c3ccc(-c4ccc5c(c4)C4(c6ccccc6-5)c5cccc(-c6ccccc6)c5Oc5c(-c6ccccc6)cccc54)cc3)N=C(c3ccc(-c4ccccc4-n4c5ccccc5c5ccccc54)cc3)NC2C=C1. The lowest BCUT2D eigenvalue weighted by Crippen LogP contribution is -2.39. The van der Waals surface area contributed by atoms with Crippen molar-refractivity contribution in [3.8, 4) is 72.8 Å². The molecule has 370 valence electrons. The molecule has 1 unspecified atom stereocenters. The lowest BCUT2D eigenvalue weighted by Gasteiger charge is -2.41. The molecule has 16 rings (SSSR count). The van der Waals surface area contributed by atoms with E-state index >= 15 is 0 Å². The van der Waals surface area contributed by atoms with E-state index in [0.717, 1.165) is 95.5 Å². The van der Waals surface area contributed by atoms with Gasteiger partial charge in [-0.25, -0.2) is 4.99 Å². The number of benzene rings is 11. The lowest BCUT2D eigenvalue weighted by molar-refractivity contribution is 0.440. The first kappa shape index (κ1) is 45.0. The highest BCUT2D eigenvalue weighted by molar-refractivity contribution is 6.10. The molecule has 11 aromatic carbocycles. The summed E-state index contributed by atoms with van der Waals surface area (Å²) < 4.78 is 9.76. The Morgan fingerprint density at radius 2 is 0.886 bits per heavy atom. The molecule has 0 radical (unpaired) electrons. The van der Waals surface area contributed by atoms with Gasteiger partial charge in [0.05, 0.1) is 33.9 Å². The van der Waals surface area contributed by atoms with Crippen molar-refractivity contribution in [1.82, 2.24) is 9.88 Å². The maximum atomic E-state index is 7.36. The summed E-state index contributed by atoms with van der Waals surface area (Å²) in [4.78, 5) is 5.45. The van der Waals surface area contributed by atoms with Crippen LogP contribution in [0.2, 0.25) is 0 Å². The lowest BCUT2D eigenvalue weighted by atomic mass is 9.65. The summed E-state index contributed by atoms with van der Waals surface area (Å²) in [5, 5.41) is 6.28. The Kier molecular flexibility index (Phi) is 10.2. The highest BCUT2D eigenvalue weighted by Gasteiger charge is 2.52. The minimum absolute atomic E-state index is 0.0209.